The molecule has 0 unspecified atom stereocenters. The monoisotopic (exact) mass is 200 g/mol. The van der Waals surface area contributed by atoms with E-state index in [0.29, 0.717) is 0 Å². The van der Waals surface area contributed by atoms with Gasteiger partial charge in [-0.1, -0.05) is 19.9 Å². The second-order valence-corrected chi connectivity index (χ2v) is 4.47. The number of allylic oxidation sites excluding steroid dienone is 2. The van der Waals surface area contributed by atoms with E-state index in [1.165, 1.54) is 13.0 Å². The molecule has 3 heteroatoms. The Balaban J connectivity index is 2.66. The first kappa shape index (κ1) is 10.5. The van der Waals surface area contributed by atoms with Gasteiger partial charge in [-0.05, 0) is 35.9 Å². The number of rotatable bonds is 3. The second-order valence-electron chi connectivity index (χ2n) is 4.10. The standard InChI is InChI=1S/C10H13ClO2/c1-6(12)4-5-7-8(9(11)13)10(7,2)3/h4-5,7-8H,1-3H3/t7-,8+/m1/s1. The van der Waals surface area contributed by atoms with Gasteiger partial charge in [0.25, 0.3) is 0 Å². The van der Waals surface area contributed by atoms with Gasteiger partial charge in [-0.3, -0.25) is 9.59 Å². The van der Waals surface area contributed by atoms with Crippen LogP contribution in [0, 0.1) is 17.3 Å². The number of carbonyl (C=O) groups is 2. The van der Waals surface area contributed by atoms with Crippen LogP contribution in [0.5, 0.6) is 0 Å². The molecule has 0 aliphatic heterocycles. The third-order valence-electron chi connectivity index (χ3n) is 2.69. The fourth-order valence-corrected chi connectivity index (χ4v) is 2.13. The van der Waals surface area contributed by atoms with Crippen LogP contribution in [0.1, 0.15) is 20.8 Å². The van der Waals surface area contributed by atoms with E-state index in [1.807, 2.05) is 13.8 Å². The van der Waals surface area contributed by atoms with E-state index in [1.54, 1.807) is 6.08 Å². The molecule has 2 nitrogen and oxygen atoms in total. The Kier molecular flexibility index (Phi) is 2.62. The molecule has 2 atom stereocenters. The van der Waals surface area contributed by atoms with Crippen LogP contribution in [0.3, 0.4) is 0 Å². The van der Waals surface area contributed by atoms with Gasteiger partial charge < -0.3 is 0 Å². The number of ketones is 1. The van der Waals surface area contributed by atoms with Crippen LogP contribution >= 0.6 is 11.6 Å². The Labute approximate surface area is 83.0 Å². The SMILES string of the molecule is CC(=O)C=C[C@@H]1[C@@H](C(=O)Cl)C1(C)C. The highest BCUT2D eigenvalue weighted by Gasteiger charge is 2.59. The van der Waals surface area contributed by atoms with Gasteiger partial charge >= 0.3 is 0 Å². The molecule has 1 aliphatic rings. The molecule has 0 spiro atoms. The van der Waals surface area contributed by atoms with E-state index in [2.05, 4.69) is 0 Å². The van der Waals surface area contributed by atoms with Crippen molar-refractivity contribution in [3.8, 4) is 0 Å². The maximum absolute atomic E-state index is 10.9. The van der Waals surface area contributed by atoms with Gasteiger partial charge in [-0.25, -0.2) is 0 Å². The molecular weight excluding hydrogens is 188 g/mol. The third-order valence-corrected chi connectivity index (χ3v) is 2.93. The van der Waals surface area contributed by atoms with Gasteiger partial charge in [0.1, 0.15) is 0 Å². The van der Waals surface area contributed by atoms with Gasteiger partial charge in [0, 0.05) is 5.92 Å². The molecule has 0 aromatic carbocycles. The molecule has 0 saturated heterocycles. The molecule has 0 N–H and O–H groups in total. The minimum absolute atomic E-state index is 0.00321. The van der Waals surface area contributed by atoms with Crippen LogP contribution in [-0.2, 0) is 9.59 Å². The van der Waals surface area contributed by atoms with Gasteiger partial charge in [-0.15, -0.1) is 0 Å². The maximum Gasteiger partial charge on any atom is 0.225 e. The Morgan fingerprint density at radius 3 is 2.23 bits per heavy atom. The predicted octanol–water partition coefficient (Wildman–Crippen LogP) is 2.17. The summed E-state index contributed by atoms with van der Waals surface area (Å²) in [6.07, 6.45) is 3.29. The van der Waals surface area contributed by atoms with Crippen LogP contribution < -0.4 is 0 Å². The molecule has 1 aliphatic carbocycles. The quantitative estimate of drug-likeness (QED) is 0.517. The summed E-state index contributed by atoms with van der Waals surface area (Å²) in [6.45, 7) is 5.45. The summed E-state index contributed by atoms with van der Waals surface area (Å²) in [7, 11) is 0. The molecule has 1 saturated carbocycles. The summed E-state index contributed by atoms with van der Waals surface area (Å²) >= 11 is 5.41. The van der Waals surface area contributed by atoms with E-state index in [-0.39, 0.29) is 28.3 Å². The Hall–Kier alpha value is -0.630. The minimum Gasteiger partial charge on any atom is -0.295 e. The fraction of sp³-hybridized carbons (Fsp3) is 0.600. The zero-order valence-electron chi connectivity index (χ0n) is 8.00. The molecule has 13 heavy (non-hydrogen) atoms. The van der Waals surface area contributed by atoms with Crippen molar-refractivity contribution in [1.82, 2.24) is 0 Å². The maximum atomic E-state index is 10.9. The summed E-state index contributed by atoms with van der Waals surface area (Å²) in [5, 5.41) is -0.303. The fourth-order valence-electron chi connectivity index (χ4n) is 1.71. The summed E-state index contributed by atoms with van der Waals surface area (Å²) in [6, 6.07) is 0. The number of hydrogen-bond donors (Lipinski definition) is 0. The number of halogens is 1. The van der Waals surface area contributed by atoms with Crippen LogP contribution in [0.4, 0.5) is 0 Å². The molecule has 1 rings (SSSR count). The van der Waals surface area contributed by atoms with Crippen LogP contribution in [-0.4, -0.2) is 11.0 Å². The second kappa shape index (κ2) is 3.26. The van der Waals surface area contributed by atoms with E-state index in [4.69, 9.17) is 11.6 Å². The average molecular weight is 201 g/mol. The van der Waals surface area contributed by atoms with E-state index in [9.17, 15) is 9.59 Å². The predicted molar refractivity (Wildman–Crippen MR) is 51.4 cm³/mol. The lowest BCUT2D eigenvalue weighted by Gasteiger charge is -1.95. The highest BCUT2D eigenvalue weighted by atomic mass is 35.5. The summed E-state index contributed by atoms with van der Waals surface area (Å²) in [4.78, 5) is 21.6. The molecule has 0 radical (unpaired) electrons. The highest BCUT2D eigenvalue weighted by molar-refractivity contribution is 6.64. The molecule has 72 valence electrons. The third kappa shape index (κ3) is 1.99. The molecule has 0 heterocycles. The average Bonchev–Trinajstić information content (AvgIpc) is 2.48. The van der Waals surface area contributed by atoms with Gasteiger partial charge in [0.15, 0.2) is 5.78 Å². The van der Waals surface area contributed by atoms with E-state index in [0.717, 1.165) is 0 Å². The van der Waals surface area contributed by atoms with Crippen LogP contribution in [0.2, 0.25) is 0 Å². The largest absolute Gasteiger partial charge is 0.295 e. The Morgan fingerprint density at radius 2 is 1.92 bits per heavy atom. The van der Waals surface area contributed by atoms with Crippen molar-refractivity contribution >= 4 is 22.6 Å². The minimum atomic E-state index is -0.303. The molecule has 0 aromatic heterocycles. The van der Waals surface area contributed by atoms with Gasteiger partial charge in [-0.2, -0.15) is 0 Å². The first-order valence-electron chi connectivity index (χ1n) is 4.25. The van der Waals surface area contributed by atoms with Crippen molar-refractivity contribution < 1.29 is 9.59 Å². The molecule has 0 bridgehead atoms. The lowest BCUT2D eigenvalue weighted by Crippen LogP contribution is -1.96. The van der Waals surface area contributed by atoms with Crippen LogP contribution in [0.25, 0.3) is 0 Å². The Morgan fingerprint density at radius 1 is 1.38 bits per heavy atom. The van der Waals surface area contributed by atoms with Crippen molar-refractivity contribution in [2.75, 3.05) is 0 Å². The number of hydrogen-bond acceptors (Lipinski definition) is 2. The zero-order chi connectivity index (χ0) is 10.2. The van der Waals surface area contributed by atoms with E-state index < -0.39 is 0 Å². The van der Waals surface area contributed by atoms with Crippen molar-refractivity contribution in [3.63, 3.8) is 0 Å². The summed E-state index contributed by atoms with van der Waals surface area (Å²) in [5.41, 5.74) is -0.0786. The van der Waals surface area contributed by atoms with Crippen molar-refractivity contribution in [2.45, 2.75) is 20.8 Å². The van der Waals surface area contributed by atoms with Gasteiger partial charge in [0.2, 0.25) is 5.24 Å². The lowest BCUT2D eigenvalue weighted by atomic mass is 10.1. The normalized spacial score (nSPS) is 30.5. The zero-order valence-corrected chi connectivity index (χ0v) is 8.76. The topological polar surface area (TPSA) is 34.1 Å². The smallest absolute Gasteiger partial charge is 0.225 e. The molecular formula is C10H13ClO2. The van der Waals surface area contributed by atoms with E-state index >= 15 is 0 Å². The lowest BCUT2D eigenvalue weighted by molar-refractivity contribution is -0.114. The van der Waals surface area contributed by atoms with Crippen LogP contribution in [0.15, 0.2) is 12.2 Å². The van der Waals surface area contributed by atoms with Gasteiger partial charge in [0.05, 0.1) is 0 Å². The molecule has 0 amide bonds. The molecule has 0 aromatic rings. The first-order valence-corrected chi connectivity index (χ1v) is 4.63. The van der Waals surface area contributed by atoms with Crippen molar-refractivity contribution in [3.05, 3.63) is 12.2 Å². The highest BCUT2D eigenvalue weighted by Crippen LogP contribution is 2.59. The molecule has 1 fully saturated rings. The Bertz CT molecular complexity index is 279. The summed E-state index contributed by atoms with van der Waals surface area (Å²) < 4.78 is 0. The number of carbonyl (C=O) groups excluding carboxylic acids is 2. The van der Waals surface area contributed by atoms with Crippen molar-refractivity contribution in [2.24, 2.45) is 17.3 Å². The first-order chi connectivity index (χ1) is 5.87. The van der Waals surface area contributed by atoms with Crippen molar-refractivity contribution in [1.29, 1.82) is 0 Å². The summed E-state index contributed by atoms with van der Waals surface area (Å²) in [5.74, 6) is 0.00892.